The van der Waals surface area contributed by atoms with Gasteiger partial charge in [-0.15, -0.1) is 0 Å². The zero-order valence-electron chi connectivity index (χ0n) is 86.5. The molecule has 0 radical (unpaired) electrons. The molecule has 139 heavy (non-hydrogen) atoms. The molecular weight excluding hydrogens is 1680 g/mol. The molecule has 0 saturated heterocycles. The first-order valence-electron chi connectivity index (χ1n) is 56.3. The Morgan fingerprint density at radius 2 is 0.691 bits per heavy atom. The van der Waals surface area contributed by atoms with Gasteiger partial charge in [0.05, 0.1) is 0 Å². The van der Waals surface area contributed by atoms with Crippen LogP contribution in [0.2, 0.25) is 0 Å². The van der Waals surface area contributed by atoms with E-state index in [1.165, 1.54) is 412 Å². The van der Waals surface area contributed by atoms with E-state index in [9.17, 15) is 0 Å². The van der Waals surface area contributed by atoms with Crippen LogP contribution < -0.4 is 4.74 Å². The number of benzene rings is 13. The number of rotatable bonds is 48. The van der Waals surface area contributed by atoms with Gasteiger partial charge in [-0.2, -0.15) is 0 Å². The average Bonchev–Trinajstić information content (AvgIpc) is 1.49. The molecule has 20 rings (SSSR count). The summed E-state index contributed by atoms with van der Waals surface area (Å²) in [5.41, 5.74) is 46.7. The van der Waals surface area contributed by atoms with Crippen LogP contribution >= 0.6 is 0 Å². The molecule has 13 aromatic carbocycles. The van der Waals surface area contributed by atoms with Crippen molar-refractivity contribution in [3.05, 3.63) is 327 Å². The average molecular weight is 1840 g/mol. The van der Waals surface area contributed by atoms with Crippen LogP contribution in [0.5, 0.6) is 5.75 Å². The lowest BCUT2D eigenvalue weighted by Gasteiger charge is -2.35. The van der Waals surface area contributed by atoms with E-state index in [1.54, 1.807) is 33.4 Å². The first kappa shape index (κ1) is 96.0. The predicted molar refractivity (Wildman–Crippen MR) is 595 cm³/mol. The van der Waals surface area contributed by atoms with Gasteiger partial charge in [0.1, 0.15) is 23.5 Å². The number of aryl methyl sites for hydroxylation is 1. The molecule has 1 unspecified atom stereocenters. The molecule has 0 saturated carbocycles. The Kier molecular flexibility index (Phi) is 29.2. The van der Waals surface area contributed by atoms with Gasteiger partial charge in [-0.05, 0) is 261 Å². The van der Waals surface area contributed by atoms with Crippen molar-refractivity contribution in [1.29, 1.82) is 0 Å². The van der Waals surface area contributed by atoms with Crippen LogP contribution in [-0.2, 0) is 40.1 Å². The summed E-state index contributed by atoms with van der Waals surface area (Å²) in [6.07, 6.45) is 53.1. The van der Waals surface area contributed by atoms with E-state index < -0.39 is 0 Å². The number of fused-ring (bicyclic) bond motifs is 23. The largest absolute Gasteiger partial charge is 0.488 e. The number of hydrogen-bond donors (Lipinski definition) is 0. The van der Waals surface area contributed by atoms with E-state index >= 15 is 0 Å². The smallest absolute Gasteiger partial charge is 0.143 e. The van der Waals surface area contributed by atoms with Crippen molar-refractivity contribution in [3.63, 3.8) is 0 Å². The zero-order chi connectivity index (χ0) is 95.3. The lowest BCUT2D eigenvalue weighted by atomic mass is 9.68. The van der Waals surface area contributed by atoms with Gasteiger partial charge >= 0.3 is 0 Å². The van der Waals surface area contributed by atoms with Gasteiger partial charge in [0.2, 0.25) is 0 Å². The van der Waals surface area contributed by atoms with Crippen molar-refractivity contribution in [2.45, 2.75) is 379 Å². The molecule has 1 aromatic heterocycles. The molecule has 2 heteroatoms. The minimum absolute atomic E-state index is 0.0296. The molecule has 6 aliphatic rings. The normalized spacial score (nSPS) is 15.2. The molecule has 2 nitrogen and oxygen atoms in total. The highest BCUT2D eigenvalue weighted by Crippen LogP contribution is 2.66. The van der Waals surface area contributed by atoms with E-state index in [4.69, 9.17) is 9.15 Å². The topological polar surface area (TPSA) is 22.4 Å². The molecular formula is C137H158O2. The second-order valence-electron chi connectivity index (χ2n) is 44.9. The Morgan fingerprint density at radius 3 is 1.30 bits per heavy atom. The zero-order valence-corrected chi connectivity index (χ0v) is 86.5. The minimum Gasteiger partial charge on any atom is -0.488 e. The maximum absolute atomic E-state index is 7.35. The Balaban J connectivity index is 0.671. The number of ether oxygens (including phenoxy) is 1. The highest BCUT2D eigenvalue weighted by molar-refractivity contribution is 6.19. The minimum atomic E-state index is -0.319. The predicted octanol–water partition coefficient (Wildman–Crippen LogP) is 41.0. The monoisotopic (exact) mass is 1840 g/mol. The second-order valence-corrected chi connectivity index (χ2v) is 44.9. The van der Waals surface area contributed by atoms with Crippen LogP contribution in [0.3, 0.4) is 0 Å². The summed E-state index contributed by atoms with van der Waals surface area (Å²) >= 11 is 0. The molecule has 14 aromatic rings. The summed E-state index contributed by atoms with van der Waals surface area (Å²) in [5.74, 6) is 1.14. The number of hydrogen-bond acceptors (Lipinski definition) is 2. The van der Waals surface area contributed by atoms with Gasteiger partial charge in [0.25, 0.3) is 0 Å². The van der Waals surface area contributed by atoms with E-state index in [-0.39, 0.29) is 33.0 Å². The van der Waals surface area contributed by atoms with Crippen molar-refractivity contribution in [2.75, 3.05) is 0 Å². The van der Waals surface area contributed by atoms with Crippen LogP contribution in [0.15, 0.2) is 253 Å². The summed E-state index contributed by atoms with van der Waals surface area (Å²) in [4.78, 5) is 0. The third-order valence-electron chi connectivity index (χ3n) is 35.4. The molecule has 0 fully saturated rings. The summed E-state index contributed by atoms with van der Waals surface area (Å²) in [5, 5.41) is 2.42. The van der Waals surface area contributed by atoms with Crippen molar-refractivity contribution < 1.29 is 9.15 Å². The Labute approximate surface area is 836 Å². The summed E-state index contributed by atoms with van der Waals surface area (Å²) < 4.78 is 14.1. The molecule has 5 aliphatic carbocycles. The number of unbranched alkanes of at least 4 members (excludes halogenated alkanes) is 28. The van der Waals surface area contributed by atoms with Crippen molar-refractivity contribution in [2.24, 2.45) is 0 Å². The van der Waals surface area contributed by atoms with Crippen LogP contribution in [0.1, 0.15) is 416 Å². The summed E-state index contributed by atoms with van der Waals surface area (Å²) in [6.45, 7) is 24.8. The maximum atomic E-state index is 7.35. The molecule has 718 valence electrons. The van der Waals surface area contributed by atoms with Gasteiger partial charge in [-0.25, -0.2) is 0 Å². The molecule has 1 aliphatic heterocycles. The Morgan fingerprint density at radius 1 is 0.266 bits per heavy atom. The molecule has 0 N–H and O–H groups in total. The molecule has 0 spiro atoms. The van der Waals surface area contributed by atoms with E-state index in [1.807, 2.05) is 0 Å². The summed E-state index contributed by atoms with van der Waals surface area (Å²) in [7, 11) is 0. The SMILES string of the molecule is CCCCCCCCC1(CCCCCCCC)c2cc(C(CCc3ccc4c(c3)C(C)(C)c3cc(-c5ccc6c(c5)C(C)(C)c5cc(-c7ccc8c(c7)C(CCCCCCC)(CCCCCCC)c7ccccc7-8)ccc5-6)c5oc6ccccc6c5c3-4)c3ccccc3-c3ccccc3)ccc2-c2cc3c(cc21)-c1c(ccc2c1-c1ccccc1OC2)C3(CCCCCCCC)CCCCCCCC. The van der Waals surface area contributed by atoms with Gasteiger partial charge in [0, 0.05) is 60.5 Å². The van der Waals surface area contributed by atoms with E-state index in [2.05, 4.69) is 318 Å². The number of para-hydroxylation sites is 2. The van der Waals surface area contributed by atoms with Gasteiger partial charge in [-0.1, -0.05) is 488 Å². The third-order valence-corrected chi connectivity index (χ3v) is 35.4. The van der Waals surface area contributed by atoms with E-state index in [0.717, 1.165) is 29.8 Å². The van der Waals surface area contributed by atoms with Crippen LogP contribution in [0.4, 0.5) is 0 Å². The van der Waals surface area contributed by atoms with E-state index in [0.29, 0.717) is 6.61 Å². The second kappa shape index (κ2) is 42.3. The lowest BCUT2D eigenvalue weighted by Crippen LogP contribution is -2.27. The van der Waals surface area contributed by atoms with Gasteiger partial charge < -0.3 is 9.15 Å². The van der Waals surface area contributed by atoms with Crippen LogP contribution in [-0.4, -0.2) is 0 Å². The quantitative estimate of drug-likeness (QED) is 0.0355. The first-order valence-corrected chi connectivity index (χ1v) is 56.3. The highest BCUT2D eigenvalue weighted by Gasteiger charge is 2.51. The third kappa shape index (κ3) is 18.0. The fourth-order valence-corrected chi connectivity index (χ4v) is 27.8. The highest BCUT2D eigenvalue weighted by atomic mass is 16.5. The van der Waals surface area contributed by atoms with Gasteiger partial charge in [0.15, 0.2) is 0 Å². The maximum Gasteiger partial charge on any atom is 0.143 e. The molecule has 1 atom stereocenters. The lowest BCUT2D eigenvalue weighted by molar-refractivity contribution is 0.302. The number of furan rings is 1. The van der Waals surface area contributed by atoms with Crippen LogP contribution in [0, 0.1) is 0 Å². The Bertz CT molecular complexity index is 6650. The molecule has 2 heterocycles. The summed E-state index contributed by atoms with van der Waals surface area (Å²) in [6, 6.07) is 100. The Hall–Kier alpha value is -10.5. The van der Waals surface area contributed by atoms with Crippen molar-refractivity contribution >= 4 is 21.9 Å². The van der Waals surface area contributed by atoms with Crippen LogP contribution in [0.25, 0.3) is 122 Å². The van der Waals surface area contributed by atoms with Crippen molar-refractivity contribution in [3.8, 4) is 106 Å². The molecule has 0 amide bonds. The van der Waals surface area contributed by atoms with Gasteiger partial charge in [-0.3, -0.25) is 0 Å². The fourth-order valence-electron chi connectivity index (χ4n) is 27.8. The first-order chi connectivity index (χ1) is 68.2. The standard InChI is InChI=1S/C137H158O2/c1-11-17-23-29-35-52-82-136(83-53-36-30-24-18-12-2)117-79-72-101-94-138-126-64-48-45-61-111(126)128(101)130(117)115-93-123-114(92-124(115)136)109-78-70-99(90-122(109)137(123,84-54-37-31-25-19-13-3)85-55-38-32-26-20-14-4)103(104-59-43-42-58-102(104)96-56-40-39-41-57-96)73-66-95-67-74-110-118(86-95)134(9,10)125-91-113(132-131(129(110)125)112-62-46-49-65-127(112)139-132)100-71-77-107-106-75-68-97(87-119(106)133(7,8)120(107)89-100)98-69-76-108-105-60-44-47-63-116(105)135(121(108)88-98,80-50-33-27-21-15-5)81-51-34-28-22-16-6/h39-49,56-65,67-72,74-79,86-93,103H,11-38,50-55,66,73,80-85,94H2,1-10H3. The fraction of sp³-hybridized carbons (Fsp3) is 0.431. The van der Waals surface area contributed by atoms with Crippen molar-refractivity contribution in [1.82, 2.24) is 0 Å². The molecule has 0 bridgehead atoms.